The van der Waals surface area contributed by atoms with Crippen LogP contribution in [0.5, 0.6) is 0 Å². The van der Waals surface area contributed by atoms with Crippen molar-refractivity contribution >= 4 is 17.5 Å². The van der Waals surface area contributed by atoms with Gasteiger partial charge < -0.3 is 11.1 Å². The number of aryl methyl sites for hydroxylation is 4. The summed E-state index contributed by atoms with van der Waals surface area (Å²) in [6, 6.07) is 20.7. The van der Waals surface area contributed by atoms with E-state index < -0.39 is 0 Å². The van der Waals surface area contributed by atoms with E-state index in [2.05, 4.69) is 77.4 Å². The third-order valence-electron chi connectivity index (χ3n) is 5.21. The fraction of sp³-hybridized carbons (Fsp3) is 0.222. The number of aromatic nitrogens is 3. The van der Waals surface area contributed by atoms with Crippen molar-refractivity contribution in [2.45, 2.75) is 40.5 Å². The van der Waals surface area contributed by atoms with Gasteiger partial charge in [-0.25, -0.2) is 4.98 Å². The molecule has 4 aromatic rings. The van der Waals surface area contributed by atoms with Gasteiger partial charge >= 0.3 is 0 Å². The van der Waals surface area contributed by atoms with Crippen molar-refractivity contribution in [1.29, 1.82) is 0 Å². The van der Waals surface area contributed by atoms with Gasteiger partial charge in [-0.3, -0.25) is 4.98 Å². The molecule has 3 N–H and O–H groups in total. The van der Waals surface area contributed by atoms with Gasteiger partial charge in [0.1, 0.15) is 5.82 Å². The number of hydrogen-bond donors (Lipinski definition) is 2. The molecule has 0 spiro atoms. The molecule has 5 nitrogen and oxygen atoms in total. The lowest BCUT2D eigenvalue weighted by Crippen LogP contribution is -2.04. The molecule has 32 heavy (non-hydrogen) atoms. The van der Waals surface area contributed by atoms with Crippen molar-refractivity contribution in [3.05, 3.63) is 107 Å². The van der Waals surface area contributed by atoms with Crippen LogP contribution in [0, 0.1) is 20.8 Å². The number of benzene rings is 2. The van der Waals surface area contributed by atoms with E-state index in [4.69, 9.17) is 5.73 Å². The van der Waals surface area contributed by atoms with Crippen LogP contribution < -0.4 is 11.1 Å². The predicted molar refractivity (Wildman–Crippen MR) is 133 cm³/mol. The fourth-order valence-electron chi connectivity index (χ4n) is 3.23. The maximum atomic E-state index is 5.91. The molecule has 0 fully saturated rings. The zero-order valence-corrected chi connectivity index (χ0v) is 19.3. The summed E-state index contributed by atoms with van der Waals surface area (Å²) in [4.78, 5) is 12.5. The van der Waals surface area contributed by atoms with Gasteiger partial charge in [0.15, 0.2) is 0 Å². The average molecular weight is 426 g/mol. The Labute approximate surface area is 190 Å². The SMILES string of the molecule is CCc1cccc(Cc2cc(Nc3ccc(C)c(C)c3)nc(N)n2)c1.Cc1ccncc1. The van der Waals surface area contributed by atoms with E-state index >= 15 is 0 Å². The minimum Gasteiger partial charge on any atom is -0.368 e. The van der Waals surface area contributed by atoms with Gasteiger partial charge in [0.05, 0.1) is 5.69 Å². The van der Waals surface area contributed by atoms with Crippen molar-refractivity contribution in [3.63, 3.8) is 0 Å². The van der Waals surface area contributed by atoms with Gasteiger partial charge in [0.2, 0.25) is 5.95 Å². The van der Waals surface area contributed by atoms with Crippen LogP contribution in [0.25, 0.3) is 0 Å². The largest absolute Gasteiger partial charge is 0.368 e. The average Bonchev–Trinajstić information content (AvgIpc) is 2.77. The van der Waals surface area contributed by atoms with Crippen LogP contribution >= 0.6 is 0 Å². The Bertz CT molecular complexity index is 1160. The second-order valence-corrected chi connectivity index (χ2v) is 7.90. The van der Waals surface area contributed by atoms with E-state index in [0.717, 1.165) is 30.0 Å². The van der Waals surface area contributed by atoms with E-state index in [0.29, 0.717) is 0 Å². The lowest BCUT2D eigenvalue weighted by molar-refractivity contribution is 1.03. The first-order valence-corrected chi connectivity index (χ1v) is 10.8. The molecule has 0 aliphatic heterocycles. The van der Waals surface area contributed by atoms with Crippen LogP contribution in [0.15, 0.2) is 73.1 Å². The van der Waals surface area contributed by atoms with Crippen molar-refractivity contribution in [3.8, 4) is 0 Å². The van der Waals surface area contributed by atoms with Gasteiger partial charge in [0, 0.05) is 30.6 Å². The molecule has 0 radical (unpaired) electrons. The highest BCUT2D eigenvalue weighted by atomic mass is 15.1. The lowest BCUT2D eigenvalue weighted by Gasteiger charge is -2.10. The second-order valence-electron chi connectivity index (χ2n) is 7.90. The van der Waals surface area contributed by atoms with E-state index in [1.165, 1.54) is 27.8 Å². The predicted octanol–water partition coefficient (Wildman–Crippen LogP) is 5.96. The molecule has 0 aliphatic carbocycles. The van der Waals surface area contributed by atoms with Gasteiger partial charge in [-0.2, -0.15) is 4.98 Å². The topological polar surface area (TPSA) is 76.7 Å². The summed E-state index contributed by atoms with van der Waals surface area (Å²) in [6.07, 6.45) is 5.34. The second kappa shape index (κ2) is 11.0. The summed E-state index contributed by atoms with van der Waals surface area (Å²) in [7, 11) is 0. The highest BCUT2D eigenvalue weighted by Gasteiger charge is 2.06. The number of nitrogens with one attached hydrogen (secondary N) is 1. The number of nitrogen functional groups attached to an aromatic ring is 1. The number of nitrogens with zero attached hydrogens (tertiary/aromatic N) is 3. The quantitative estimate of drug-likeness (QED) is 0.412. The molecular formula is C27H31N5. The van der Waals surface area contributed by atoms with Crippen molar-refractivity contribution in [2.75, 3.05) is 11.1 Å². The van der Waals surface area contributed by atoms with E-state index in [-0.39, 0.29) is 5.95 Å². The molecule has 5 heteroatoms. The monoisotopic (exact) mass is 425 g/mol. The van der Waals surface area contributed by atoms with Crippen LogP contribution in [0.1, 0.15) is 40.4 Å². The maximum absolute atomic E-state index is 5.91. The zero-order chi connectivity index (χ0) is 22.9. The molecule has 4 rings (SSSR count). The van der Waals surface area contributed by atoms with Gasteiger partial charge in [-0.05, 0) is 79.3 Å². The first-order valence-electron chi connectivity index (χ1n) is 10.8. The Hall–Kier alpha value is -3.73. The molecule has 0 aliphatic rings. The molecule has 164 valence electrons. The van der Waals surface area contributed by atoms with Crippen molar-refractivity contribution in [2.24, 2.45) is 0 Å². The van der Waals surface area contributed by atoms with Crippen LogP contribution in [-0.4, -0.2) is 15.0 Å². The Morgan fingerprint density at radius 2 is 1.56 bits per heavy atom. The first-order chi connectivity index (χ1) is 15.4. The molecule has 0 unspecified atom stereocenters. The lowest BCUT2D eigenvalue weighted by atomic mass is 10.0. The summed E-state index contributed by atoms with van der Waals surface area (Å²) >= 11 is 0. The Kier molecular flexibility index (Phi) is 7.92. The van der Waals surface area contributed by atoms with E-state index in [1.54, 1.807) is 12.4 Å². The number of nitrogens with two attached hydrogens (primary N) is 1. The van der Waals surface area contributed by atoms with Crippen molar-refractivity contribution in [1.82, 2.24) is 15.0 Å². The first kappa shape index (κ1) is 22.9. The van der Waals surface area contributed by atoms with Gasteiger partial charge in [-0.15, -0.1) is 0 Å². The highest BCUT2D eigenvalue weighted by molar-refractivity contribution is 5.59. The summed E-state index contributed by atoms with van der Waals surface area (Å²) in [5, 5.41) is 3.33. The van der Waals surface area contributed by atoms with Crippen LogP contribution in [0.4, 0.5) is 17.5 Å². The number of hydrogen-bond acceptors (Lipinski definition) is 5. The van der Waals surface area contributed by atoms with Crippen LogP contribution in [0.2, 0.25) is 0 Å². The molecule has 2 aromatic carbocycles. The molecule has 0 atom stereocenters. The van der Waals surface area contributed by atoms with Crippen molar-refractivity contribution < 1.29 is 0 Å². The van der Waals surface area contributed by atoms with Gasteiger partial charge in [-0.1, -0.05) is 37.3 Å². The van der Waals surface area contributed by atoms with Crippen LogP contribution in [0.3, 0.4) is 0 Å². The summed E-state index contributed by atoms with van der Waals surface area (Å²) in [5.41, 5.74) is 14.1. The fourth-order valence-corrected chi connectivity index (χ4v) is 3.23. The van der Waals surface area contributed by atoms with Gasteiger partial charge in [0.25, 0.3) is 0 Å². The van der Waals surface area contributed by atoms with E-state index in [1.807, 2.05) is 31.2 Å². The third kappa shape index (κ3) is 6.91. The zero-order valence-electron chi connectivity index (χ0n) is 19.3. The molecule has 0 amide bonds. The molecule has 0 saturated carbocycles. The Morgan fingerprint density at radius 1 is 0.812 bits per heavy atom. The maximum Gasteiger partial charge on any atom is 0.222 e. The minimum atomic E-state index is 0.287. The molecular weight excluding hydrogens is 394 g/mol. The standard InChI is InChI=1S/C21H24N4.C6H7N/c1-4-16-6-5-7-17(11-16)12-19-13-20(25-21(22)24-19)23-18-9-8-14(2)15(3)10-18;1-6-2-4-7-5-3-6/h5-11,13H,4,12H2,1-3H3,(H3,22,23,24,25);2-5H,1H3. The molecule has 0 bridgehead atoms. The number of anilines is 3. The number of pyridine rings is 1. The van der Waals surface area contributed by atoms with E-state index in [9.17, 15) is 0 Å². The smallest absolute Gasteiger partial charge is 0.222 e. The van der Waals surface area contributed by atoms with Crippen LogP contribution in [-0.2, 0) is 12.8 Å². The normalized spacial score (nSPS) is 10.2. The molecule has 0 saturated heterocycles. The number of rotatable bonds is 5. The summed E-state index contributed by atoms with van der Waals surface area (Å²) in [6.45, 7) is 8.40. The Balaban J connectivity index is 0.000000352. The summed E-state index contributed by atoms with van der Waals surface area (Å²) in [5.74, 6) is 1.01. The Morgan fingerprint density at radius 3 is 2.22 bits per heavy atom. The summed E-state index contributed by atoms with van der Waals surface area (Å²) < 4.78 is 0. The molecule has 2 aromatic heterocycles. The third-order valence-corrected chi connectivity index (χ3v) is 5.21. The highest BCUT2D eigenvalue weighted by Crippen LogP contribution is 2.20. The minimum absolute atomic E-state index is 0.287. The molecule has 2 heterocycles.